The molecule has 1 aliphatic rings. The quantitative estimate of drug-likeness (QED) is 0.152. The van der Waals surface area contributed by atoms with Crippen LogP contribution in [0.15, 0.2) is 167 Å². The first-order valence-electron chi connectivity index (χ1n) is 18.8. The lowest BCUT2D eigenvalue weighted by Gasteiger charge is -2.22. The summed E-state index contributed by atoms with van der Waals surface area (Å²) in [6.07, 6.45) is 7.58. The number of aromatic nitrogens is 4. The number of nitrogens with zero attached hydrogens (tertiary/aromatic N) is 4. The smallest absolute Gasteiger partial charge is 0.222 e. The van der Waals surface area contributed by atoms with Gasteiger partial charge in [-0.2, -0.15) is 0 Å². The van der Waals surface area contributed by atoms with E-state index < -0.39 is 0 Å². The molecule has 0 amide bonds. The van der Waals surface area contributed by atoms with Gasteiger partial charge in [0.1, 0.15) is 16.7 Å². The molecule has 0 radical (unpaired) electrons. The van der Waals surface area contributed by atoms with Gasteiger partial charge >= 0.3 is 0 Å². The fourth-order valence-electron chi connectivity index (χ4n) is 8.04. The van der Waals surface area contributed by atoms with Gasteiger partial charge in [0.15, 0.2) is 23.1 Å². The van der Waals surface area contributed by atoms with Crippen LogP contribution in [0, 0.1) is 0 Å². The van der Waals surface area contributed by atoms with Crippen molar-refractivity contribution >= 4 is 38.6 Å². The van der Waals surface area contributed by atoms with E-state index in [9.17, 15) is 0 Å². The van der Waals surface area contributed by atoms with Crippen molar-refractivity contribution < 1.29 is 8.83 Å². The summed E-state index contributed by atoms with van der Waals surface area (Å²) in [7, 11) is 0. The minimum atomic E-state index is -0.264. The van der Waals surface area contributed by atoms with Crippen molar-refractivity contribution in [3.05, 3.63) is 175 Å². The van der Waals surface area contributed by atoms with Gasteiger partial charge in [-0.3, -0.25) is 0 Å². The predicted octanol–water partition coefficient (Wildman–Crippen LogP) is 13.0. The summed E-state index contributed by atoms with van der Waals surface area (Å²) in [4.78, 5) is 19.8. The van der Waals surface area contributed by atoms with Crippen molar-refractivity contribution in [3.63, 3.8) is 0 Å². The van der Waals surface area contributed by atoms with Gasteiger partial charge in [-0.05, 0) is 47.4 Å². The molecule has 0 saturated heterocycles. The summed E-state index contributed by atoms with van der Waals surface area (Å²) >= 11 is 0. The first-order valence-corrected chi connectivity index (χ1v) is 18.8. The zero-order valence-corrected chi connectivity index (χ0v) is 31.2. The number of para-hydroxylation sites is 2. The zero-order valence-electron chi connectivity index (χ0n) is 31.2. The number of allylic oxidation sites excluding steroid dienone is 5. The molecule has 3 heterocycles. The monoisotopic (exact) mass is 724 g/mol. The maximum Gasteiger partial charge on any atom is 0.222 e. The summed E-state index contributed by atoms with van der Waals surface area (Å²) in [6, 6.07) is 43.6. The van der Waals surface area contributed by atoms with E-state index in [1.807, 2.05) is 97.9 Å². The number of hydrogen-bond donors (Lipinski definition) is 0. The van der Waals surface area contributed by atoms with Gasteiger partial charge < -0.3 is 8.83 Å². The molecule has 0 N–H and O–H groups in total. The van der Waals surface area contributed by atoms with Crippen molar-refractivity contribution in [2.24, 2.45) is 0 Å². The minimum Gasteiger partial charge on any atom is -0.455 e. The van der Waals surface area contributed by atoms with Crippen LogP contribution < -0.4 is 0 Å². The molecule has 9 aromatic rings. The van der Waals surface area contributed by atoms with E-state index in [4.69, 9.17) is 28.8 Å². The lowest BCUT2D eigenvalue weighted by atomic mass is 9.81. The van der Waals surface area contributed by atoms with Crippen molar-refractivity contribution in [1.82, 2.24) is 19.9 Å². The summed E-state index contributed by atoms with van der Waals surface area (Å²) in [5.41, 5.74) is 13.4. The highest BCUT2D eigenvalue weighted by Gasteiger charge is 2.38. The molecular formula is C50H36N4O2. The second-order valence-corrected chi connectivity index (χ2v) is 14.7. The number of furan rings is 1. The average molecular weight is 725 g/mol. The van der Waals surface area contributed by atoms with E-state index in [0.717, 1.165) is 77.6 Å². The standard InChI is InChI=1S/C50H36N4O2/c1-5-6-9-16-30(2)49-51-41-28-27-39-42(45(41)56-49)37-26-25-33(29-40(37)50(39,3)4)34-21-14-22-35-36-23-15-24-38(44(36)55-43(34)35)48-53-46(31-17-10-7-11-18-31)52-47(54-48)32-19-12-8-13-20-32/h5-29H,1H2,2-4H3/b9-6-,30-16+. The maximum atomic E-state index is 6.93. The first kappa shape index (κ1) is 33.4. The number of oxazole rings is 1. The zero-order chi connectivity index (χ0) is 38.0. The van der Waals surface area contributed by atoms with Crippen LogP contribution >= 0.6 is 0 Å². The maximum absolute atomic E-state index is 6.93. The van der Waals surface area contributed by atoms with Crippen LogP contribution in [0.4, 0.5) is 0 Å². The Morgan fingerprint density at radius 2 is 1.20 bits per heavy atom. The third kappa shape index (κ3) is 5.33. The van der Waals surface area contributed by atoms with Crippen LogP contribution in [-0.4, -0.2) is 19.9 Å². The fraction of sp³-hybridized carbons (Fsp3) is 0.0800. The van der Waals surface area contributed by atoms with E-state index in [1.165, 1.54) is 11.1 Å². The molecule has 0 bridgehead atoms. The number of benzene rings is 6. The van der Waals surface area contributed by atoms with Crippen LogP contribution in [-0.2, 0) is 5.41 Å². The van der Waals surface area contributed by atoms with E-state index in [2.05, 4.69) is 75.0 Å². The molecule has 0 aliphatic heterocycles. The van der Waals surface area contributed by atoms with E-state index in [0.29, 0.717) is 23.4 Å². The van der Waals surface area contributed by atoms with Gasteiger partial charge in [-0.25, -0.2) is 19.9 Å². The molecule has 6 nitrogen and oxygen atoms in total. The molecule has 6 heteroatoms. The molecule has 6 aromatic carbocycles. The topological polar surface area (TPSA) is 77.8 Å². The van der Waals surface area contributed by atoms with Crippen molar-refractivity contribution in [1.29, 1.82) is 0 Å². The molecule has 0 fully saturated rings. The van der Waals surface area contributed by atoms with Gasteiger partial charge in [0, 0.05) is 44.0 Å². The Bertz CT molecular complexity index is 3020. The molecule has 0 atom stereocenters. The summed E-state index contributed by atoms with van der Waals surface area (Å²) < 4.78 is 13.4. The van der Waals surface area contributed by atoms with Gasteiger partial charge in [-0.1, -0.05) is 154 Å². The van der Waals surface area contributed by atoms with Gasteiger partial charge in [0.25, 0.3) is 0 Å². The molecule has 1 aliphatic carbocycles. The van der Waals surface area contributed by atoms with Gasteiger partial charge in [0.05, 0.1) is 5.56 Å². The number of fused-ring (bicyclic) bond motifs is 8. The second kappa shape index (κ2) is 13.0. The Morgan fingerprint density at radius 1 is 0.554 bits per heavy atom. The number of hydrogen-bond acceptors (Lipinski definition) is 6. The highest BCUT2D eigenvalue weighted by molar-refractivity contribution is 6.13. The third-order valence-electron chi connectivity index (χ3n) is 10.9. The molecular weight excluding hydrogens is 689 g/mol. The Labute approximate surface area is 324 Å². The van der Waals surface area contributed by atoms with Crippen LogP contribution in [0.5, 0.6) is 0 Å². The van der Waals surface area contributed by atoms with Crippen molar-refractivity contribution in [3.8, 4) is 56.4 Å². The van der Waals surface area contributed by atoms with Crippen molar-refractivity contribution in [2.45, 2.75) is 26.2 Å². The lowest BCUT2D eigenvalue weighted by molar-refractivity contribution is 0.584. The fourth-order valence-corrected chi connectivity index (χ4v) is 8.04. The summed E-state index contributed by atoms with van der Waals surface area (Å²) in [5, 5.41) is 2.04. The molecule has 0 unspecified atom stereocenters. The minimum absolute atomic E-state index is 0.264. The Balaban J connectivity index is 1.11. The normalized spacial score (nSPS) is 13.5. The van der Waals surface area contributed by atoms with Crippen molar-refractivity contribution in [2.75, 3.05) is 0 Å². The molecule has 3 aromatic heterocycles. The van der Waals surface area contributed by atoms with Crippen LogP contribution in [0.2, 0.25) is 0 Å². The van der Waals surface area contributed by atoms with Gasteiger partial charge in [0.2, 0.25) is 5.89 Å². The van der Waals surface area contributed by atoms with E-state index in [-0.39, 0.29) is 5.41 Å². The first-order chi connectivity index (χ1) is 27.4. The highest BCUT2D eigenvalue weighted by atomic mass is 16.3. The second-order valence-electron chi connectivity index (χ2n) is 14.7. The molecule has 56 heavy (non-hydrogen) atoms. The lowest BCUT2D eigenvalue weighted by Crippen LogP contribution is -2.14. The third-order valence-corrected chi connectivity index (χ3v) is 10.9. The van der Waals surface area contributed by atoms with Crippen LogP contribution in [0.3, 0.4) is 0 Å². The highest BCUT2D eigenvalue weighted by Crippen LogP contribution is 2.53. The summed E-state index contributed by atoms with van der Waals surface area (Å²) in [5.74, 6) is 2.39. The average Bonchev–Trinajstić information content (AvgIpc) is 3.92. The Morgan fingerprint density at radius 3 is 1.88 bits per heavy atom. The van der Waals surface area contributed by atoms with E-state index >= 15 is 0 Å². The van der Waals surface area contributed by atoms with Crippen LogP contribution in [0.1, 0.15) is 37.8 Å². The number of rotatable bonds is 7. The predicted molar refractivity (Wildman–Crippen MR) is 227 cm³/mol. The molecule has 10 rings (SSSR count). The SMILES string of the molecule is C=C/C=C\C=C(/C)c1nc2ccc3c(c2o1)-c1ccc(-c2cccc4c2oc2c(-c5nc(-c6ccccc6)nc(-c6ccccc6)n5)cccc24)cc1C3(C)C. The van der Waals surface area contributed by atoms with Crippen LogP contribution in [0.25, 0.3) is 95.0 Å². The molecule has 268 valence electrons. The molecule has 0 spiro atoms. The largest absolute Gasteiger partial charge is 0.455 e. The Hall–Kier alpha value is -7.18. The Kier molecular flexibility index (Phi) is 7.75. The van der Waals surface area contributed by atoms with Gasteiger partial charge in [-0.15, -0.1) is 0 Å². The summed E-state index contributed by atoms with van der Waals surface area (Å²) in [6.45, 7) is 10.3. The van der Waals surface area contributed by atoms with E-state index in [1.54, 1.807) is 6.08 Å². The molecule has 0 saturated carbocycles.